The maximum Gasteiger partial charge on any atom is 0.410 e. The Hall–Kier alpha value is -5.07. The first-order valence-electron chi connectivity index (χ1n) is 26.7. The number of hydrogen-bond donors (Lipinski definition) is 0. The molecule has 430 valence electrons. The second kappa shape index (κ2) is 32.4. The van der Waals surface area contributed by atoms with E-state index in [0.29, 0.717) is 84.2 Å². The van der Waals surface area contributed by atoms with Gasteiger partial charge in [0.25, 0.3) is 0 Å². The monoisotopic (exact) mass is 1060 g/mol. The smallest absolute Gasteiger partial charge is 0.410 e. The Bertz CT molecular complexity index is 1750. The Labute approximate surface area is 445 Å². The number of nitrogens with zero attached hydrogens (tertiary/aromatic N) is 9. The van der Waals surface area contributed by atoms with Crippen LogP contribution in [0.1, 0.15) is 189 Å². The van der Waals surface area contributed by atoms with Crippen LogP contribution in [0.15, 0.2) is 5.11 Å². The average Bonchev–Trinajstić information content (AvgIpc) is 3.20. The van der Waals surface area contributed by atoms with Crippen LogP contribution in [0.5, 0.6) is 0 Å². The molecule has 6 amide bonds. The lowest BCUT2D eigenvalue weighted by Gasteiger charge is -2.31. The molecule has 0 atom stereocenters. The highest BCUT2D eigenvalue weighted by molar-refractivity contribution is 5.70. The molecule has 21 heteroatoms. The first-order valence-corrected chi connectivity index (χ1v) is 26.7. The van der Waals surface area contributed by atoms with Gasteiger partial charge in [0.15, 0.2) is 0 Å². The zero-order valence-electron chi connectivity index (χ0n) is 49.5. The van der Waals surface area contributed by atoms with E-state index in [2.05, 4.69) is 16.9 Å². The van der Waals surface area contributed by atoms with Gasteiger partial charge in [-0.05, 0) is 182 Å². The summed E-state index contributed by atoms with van der Waals surface area (Å²) in [5.41, 5.74) is 4.30. The molecule has 0 heterocycles. The van der Waals surface area contributed by atoms with E-state index in [0.717, 1.165) is 12.8 Å². The van der Waals surface area contributed by atoms with Crippen molar-refractivity contribution < 1.29 is 57.2 Å². The molecule has 0 aliphatic heterocycles. The van der Waals surface area contributed by atoms with Crippen LogP contribution in [0.2, 0.25) is 0 Å². The topological polar surface area (TPSA) is 226 Å². The average molecular weight is 1060 g/mol. The Balaban J connectivity index is 6.20. The Kier molecular flexibility index (Phi) is 30.2. The lowest BCUT2D eigenvalue weighted by Crippen LogP contribution is -2.43. The first kappa shape index (κ1) is 68.9. The number of unbranched alkanes of at least 4 members (excludes halogenated alkanes) is 2. The molecule has 0 radical (unpaired) electrons. The van der Waals surface area contributed by atoms with Gasteiger partial charge >= 0.3 is 36.6 Å². The second-order valence-corrected chi connectivity index (χ2v) is 24.6. The summed E-state index contributed by atoms with van der Waals surface area (Å²) in [5.74, 6) is 0. The van der Waals surface area contributed by atoms with Crippen molar-refractivity contribution in [2.75, 3.05) is 85.1 Å². The number of carbonyl (C=O) groups excluding carboxylic acids is 6. The molecule has 0 bridgehead atoms. The van der Waals surface area contributed by atoms with Gasteiger partial charge in [-0.1, -0.05) is 18.5 Å². The van der Waals surface area contributed by atoms with Crippen LogP contribution in [-0.4, -0.2) is 185 Å². The minimum Gasteiger partial charge on any atom is -0.444 e. The van der Waals surface area contributed by atoms with E-state index >= 15 is 0 Å². The van der Waals surface area contributed by atoms with E-state index < -0.39 is 70.2 Å². The van der Waals surface area contributed by atoms with Crippen molar-refractivity contribution in [2.24, 2.45) is 5.11 Å². The van der Waals surface area contributed by atoms with Crippen molar-refractivity contribution >= 4 is 36.6 Å². The quantitative estimate of drug-likeness (QED) is 0.0234. The summed E-state index contributed by atoms with van der Waals surface area (Å²) >= 11 is 0. The second-order valence-electron chi connectivity index (χ2n) is 24.6. The van der Waals surface area contributed by atoms with Crippen molar-refractivity contribution in [3.05, 3.63) is 10.4 Å². The van der Waals surface area contributed by atoms with Crippen molar-refractivity contribution in [1.82, 2.24) is 29.4 Å². The van der Waals surface area contributed by atoms with Crippen molar-refractivity contribution in [3.8, 4) is 0 Å². The Morgan fingerprint density at radius 3 is 0.676 bits per heavy atom. The molecular formula is C53H101N9O12. The first-order chi connectivity index (χ1) is 33.8. The third-order valence-corrected chi connectivity index (χ3v) is 9.97. The molecule has 0 spiro atoms. The van der Waals surface area contributed by atoms with Crippen LogP contribution in [0.3, 0.4) is 0 Å². The highest BCUT2D eigenvalue weighted by atomic mass is 16.6. The van der Waals surface area contributed by atoms with Crippen LogP contribution in [0.4, 0.5) is 28.8 Å². The van der Waals surface area contributed by atoms with Gasteiger partial charge in [0.2, 0.25) is 0 Å². The lowest BCUT2D eigenvalue weighted by atomic mass is 10.2. The van der Waals surface area contributed by atoms with E-state index in [9.17, 15) is 28.8 Å². The third-order valence-electron chi connectivity index (χ3n) is 9.97. The fourth-order valence-corrected chi connectivity index (χ4v) is 6.87. The molecule has 0 aromatic heterocycles. The Morgan fingerprint density at radius 1 is 0.324 bits per heavy atom. The molecule has 0 aromatic carbocycles. The summed E-state index contributed by atoms with van der Waals surface area (Å²) in [7, 11) is 0. The summed E-state index contributed by atoms with van der Waals surface area (Å²) in [6.45, 7) is 38.3. The van der Waals surface area contributed by atoms with Gasteiger partial charge in [0, 0.05) is 90.0 Å². The number of azide groups is 1. The molecule has 0 unspecified atom stereocenters. The van der Waals surface area contributed by atoms with Crippen LogP contribution in [0, 0.1) is 0 Å². The maximum atomic E-state index is 13.7. The number of hydrogen-bond acceptors (Lipinski definition) is 13. The molecule has 0 aromatic rings. The van der Waals surface area contributed by atoms with E-state index in [1.54, 1.807) is 133 Å². The number of rotatable bonds is 28. The van der Waals surface area contributed by atoms with Crippen LogP contribution < -0.4 is 0 Å². The normalized spacial score (nSPS) is 12.1. The summed E-state index contributed by atoms with van der Waals surface area (Å²) in [6.07, 6.45) is 1.92. The highest BCUT2D eigenvalue weighted by Crippen LogP contribution is 2.18. The van der Waals surface area contributed by atoms with Crippen LogP contribution in [0.25, 0.3) is 10.4 Å². The van der Waals surface area contributed by atoms with Crippen LogP contribution >= 0.6 is 0 Å². The minimum absolute atomic E-state index is 0.215. The van der Waals surface area contributed by atoms with E-state index in [-0.39, 0.29) is 45.8 Å². The predicted octanol–water partition coefficient (Wildman–Crippen LogP) is 12.3. The van der Waals surface area contributed by atoms with E-state index in [1.165, 1.54) is 0 Å². The van der Waals surface area contributed by atoms with Crippen molar-refractivity contribution in [2.45, 2.75) is 223 Å². The number of amides is 6. The van der Waals surface area contributed by atoms with Gasteiger partial charge in [-0.3, -0.25) is 0 Å². The molecule has 74 heavy (non-hydrogen) atoms. The standard InChI is InChI=1S/C53H101N9O12/c1-20-21-30-57(42(63)69-48(2,3)4)34-25-38-61(46(67)73-52(14,15)16)39-26-35-58(43(64)70-49(5,6)7)31-22-23-32-59(44(65)71-50(8,9)10)36-27-40-62(47(68)74-53(17,18)19)41-28-37-60(33-24-29-55-56-54)45(66)72-51(11,12)13/h20-41H2,1-19H3. The molecule has 0 fully saturated rings. The molecule has 0 saturated heterocycles. The van der Waals surface area contributed by atoms with E-state index in [4.69, 9.17) is 34.0 Å². The summed E-state index contributed by atoms with van der Waals surface area (Å²) in [5, 5.41) is 3.58. The van der Waals surface area contributed by atoms with Crippen molar-refractivity contribution in [3.63, 3.8) is 0 Å². The molecule has 0 rings (SSSR count). The molecule has 0 aliphatic carbocycles. The maximum absolute atomic E-state index is 13.7. The fraction of sp³-hybridized carbons (Fsp3) is 0.887. The molecule has 0 N–H and O–H groups in total. The molecular weight excluding hydrogens is 955 g/mol. The van der Waals surface area contributed by atoms with Gasteiger partial charge in [-0.2, -0.15) is 0 Å². The zero-order chi connectivity index (χ0) is 57.1. The fourth-order valence-electron chi connectivity index (χ4n) is 6.87. The number of carbonyl (C=O) groups is 6. The largest absolute Gasteiger partial charge is 0.444 e. The summed E-state index contributed by atoms with van der Waals surface area (Å²) in [6, 6.07) is 0. The zero-order valence-corrected chi connectivity index (χ0v) is 49.5. The van der Waals surface area contributed by atoms with E-state index in [1.807, 2.05) is 20.8 Å². The third kappa shape index (κ3) is 36.0. The summed E-state index contributed by atoms with van der Waals surface area (Å²) in [4.78, 5) is 92.9. The van der Waals surface area contributed by atoms with Gasteiger partial charge in [0.05, 0.1) is 0 Å². The van der Waals surface area contributed by atoms with Gasteiger partial charge in [-0.15, -0.1) is 0 Å². The summed E-state index contributed by atoms with van der Waals surface area (Å²) < 4.78 is 34.4. The Morgan fingerprint density at radius 2 is 0.500 bits per heavy atom. The van der Waals surface area contributed by atoms with Gasteiger partial charge in [0.1, 0.15) is 33.6 Å². The lowest BCUT2D eigenvalue weighted by molar-refractivity contribution is 0.0148. The highest BCUT2D eigenvalue weighted by Gasteiger charge is 2.29. The minimum atomic E-state index is -0.772. The molecule has 0 aliphatic rings. The number of ether oxygens (including phenoxy) is 6. The SMILES string of the molecule is CCCCN(CCCN(CCCN(CCCCN(CCCN(CCCN(CCCN=[N+]=[N-])C(=O)OC(C)(C)C)C(=O)OC(C)(C)C)C(=O)OC(C)(C)C)C(=O)OC(C)(C)C)C(=O)OC(C)(C)C)C(=O)OC(C)(C)C. The van der Waals surface area contributed by atoms with Gasteiger partial charge < -0.3 is 57.8 Å². The van der Waals surface area contributed by atoms with Crippen LogP contribution in [-0.2, 0) is 28.4 Å². The molecule has 21 nitrogen and oxygen atoms in total. The van der Waals surface area contributed by atoms with Crippen molar-refractivity contribution in [1.29, 1.82) is 0 Å². The molecule has 0 saturated carbocycles. The van der Waals surface area contributed by atoms with Gasteiger partial charge in [-0.25, -0.2) is 28.8 Å². The predicted molar refractivity (Wildman–Crippen MR) is 288 cm³/mol.